The SMILES string of the molecule is CN(C)CCNC(=O)CC(c1cccc(Oc2ccccc2)c1)c1c[nH]c2ccccc12. The van der Waals surface area contributed by atoms with Gasteiger partial charge in [0.05, 0.1) is 0 Å². The second-order valence-corrected chi connectivity index (χ2v) is 8.19. The third-order valence-electron chi connectivity index (χ3n) is 5.51. The molecule has 0 radical (unpaired) electrons. The molecule has 0 saturated carbocycles. The minimum absolute atomic E-state index is 0.0384. The molecule has 0 aliphatic carbocycles. The van der Waals surface area contributed by atoms with Crippen molar-refractivity contribution in [3.63, 3.8) is 0 Å². The summed E-state index contributed by atoms with van der Waals surface area (Å²) in [6.07, 6.45) is 2.39. The number of amides is 1. The molecule has 0 spiro atoms. The maximum atomic E-state index is 12.8. The number of ether oxygens (including phenoxy) is 1. The number of carbonyl (C=O) groups is 1. The lowest BCUT2D eigenvalue weighted by Crippen LogP contribution is -2.32. The molecule has 2 N–H and O–H groups in total. The summed E-state index contributed by atoms with van der Waals surface area (Å²) in [4.78, 5) is 18.3. The molecule has 0 saturated heterocycles. The van der Waals surface area contributed by atoms with Gasteiger partial charge in [0.1, 0.15) is 11.5 Å². The summed E-state index contributed by atoms with van der Waals surface area (Å²) in [5, 5.41) is 4.19. The van der Waals surface area contributed by atoms with Crippen molar-refractivity contribution in [3.8, 4) is 11.5 Å². The number of rotatable bonds is 9. The van der Waals surface area contributed by atoms with Crippen LogP contribution in [0, 0.1) is 0 Å². The maximum absolute atomic E-state index is 12.8. The molecule has 164 valence electrons. The van der Waals surface area contributed by atoms with Gasteiger partial charge in [0.15, 0.2) is 0 Å². The number of carbonyl (C=O) groups excluding carboxylic acids is 1. The van der Waals surface area contributed by atoms with E-state index in [4.69, 9.17) is 4.74 Å². The molecule has 1 unspecified atom stereocenters. The van der Waals surface area contributed by atoms with E-state index in [-0.39, 0.29) is 11.8 Å². The summed E-state index contributed by atoms with van der Waals surface area (Å²) >= 11 is 0. The van der Waals surface area contributed by atoms with Crippen LogP contribution in [0.15, 0.2) is 85.1 Å². The van der Waals surface area contributed by atoms with Crippen LogP contribution in [0.2, 0.25) is 0 Å². The average Bonchev–Trinajstić information content (AvgIpc) is 3.22. The first-order valence-electron chi connectivity index (χ1n) is 10.9. The maximum Gasteiger partial charge on any atom is 0.220 e. The van der Waals surface area contributed by atoms with Crippen molar-refractivity contribution >= 4 is 16.8 Å². The Labute approximate surface area is 189 Å². The standard InChI is InChI=1S/C27H29N3O2/c1-30(2)16-15-28-27(31)18-24(25-19-29-26-14-7-6-13-23(25)26)20-9-8-12-22(17-20)32-21-10-4-3-5-11-21/h3-14,17,19,24,29H,15-16,18H2,1-2H3,(H,28,31). The van der Waals surface area contributed by atoms with Gasteiger partial charge in [0, 0.05) is 42.5 Å². The van der Waals surface area contributed by atoms with Gasteiger partial charge in [-0.15, -0.1) is 0 Å². The molecule has 4 rings (SSSR count). The zero-order valence-electron chi connectivity index (χ0n) is 18.5. The number of likely N-dealkylation sites (N-methyl/N-ethyl adjacent to an activating group) is 1. The highest BCUT2D eigenvalue weighted by Crippen LogP contribution is 2.35. The van der Waals surface area contributed by atoms with Gasteiger partial charge < -0.3 is 19.9 Å². The number of benzene rings is 3. The van der Waals surface area contributed by atoms with Crippen LogP contribution in [-0.4, -0.2) is 43.0 Å². The molecule has 1 amide bonds. The van der Waals surface area contributed by atoms with Crippen molar-refractivity contribution in [1.29, 1.82) is 0 Å². The molecule has 5 heteroatoms. The van der Waals surface area contributed by atoms with Gasteiger partial charge in [0.2, 0.25) is 5.91 Å². The Morgan fingerprint density at radius 1 is 0.969 bits per heavy atom. The third kappa shape index (κ3) is 5.37. The molecule has 1 heterocycles. The first-order valence-corrected chi connectivity index (χ1v) is 10.9. The Balaban J connectivity index is 1.63. The van der Waals surface area contributed by atoms with Crippen LogP contribution in [0.25, 0.3) is 10.9 Å². The van der Waals surface area contributed by atoms with Gasteiger partial charge in [-0.1, -0.05) is 48.5 Å². The van der Waals surface area contributed by atoms with E-state index >= 15 is 0 Å². The highest BCUT2D eigenvalue weighted by molar-refractivity contribution is 5.86. The molecule has 3 aromatic carbocycles. The number of aromatic amines is 1. The van der Waals surface area contributed by atoms with Crippen molar-refractivity contribution in [3.05, 3.63) is 96.2 Å². The summed E-state index contributed by atoms with van der Waals surface area (Å²) in [6.45, 7) is 1.44. The molecule has 1 atom stereocenters. The van der Waals surface area contributed by atoms with Crippen LogP contribution < -0.4 is 10.1 Å². The number of nitrogens with zero attached hydrogens (tertiary/aromatic N) is 1. The third-order valence-corrected chi connectivity index (χ3v) is 5.51. The molecule has 0 aliphatic heterocycles. The fourth-order valence-electron chi connectivity index (χ4n) is 3.89. The van der Waals surface area contributed by atoms with E-state index in [1.54, 1.807) is 0 Å². The van der Waals surface area contributed by atoms with E-state index in [0.717, 1.165) is 40.1 Å². The lowest BCUT2D eigenvalue weighted by atomic mass is 9.88. The van der Waals surface area contributed by atoms with Gasteiger partial charge in [0.25, 0.3) is 0 Å². The Morgan fingerprint density at radius 2 is 1.72 bits per heavy atom. The van der Waals surface area contributed by atoms with E-state index in [1.807, 2.05) is 81.0 Å². The monoisotopic (exact) mass is 427 g/mol. The number of hydrogen-bond donors (Lipinski definition) is 2. The zero-order chi connectivity index (χ0) is 22.3. The number of aromatic nitrogens is 1. The molecule has 4 aromatic rings. The number of nitrogens with one attached hydrogen (secondary N) is 2. The van der Waals surface area contributed by atoms with Crippen molar-refractivity contribution in [2.45, 2.75) is 12.3 Å². The van der Waals surface area contributed by atoms with E-state index in [9.17, 15) is 4.79 Å². The van der Waals surface area contributed by atoms with Crippen LogP contribution >= 0.6 is 0 Å². The van der Waals surface area contributed by atoms with Crippen LogP contribution in [0.1, 0.15) is 23.5 Å². The molecule has 5 nitrogen and oxygen atoms in total. The molecule has 0 aliphatic rings. The first kappa shape index (κ1) is 21.7. The predicted molar refractivity (Wildman–Crippen MR) is 129 cm³/mol. The average molecular weight is 428 g/mol. The quantitative estimate of drug-likeness (QED) is 0.388. The van der Waals surface area contributed by atoms with Gasteiger partial charge >= 0.3 is 0 Å². The minimum Gasteiger partial charge on any atom is -0.457 e. The summed E-state index contributed by atoms with van der Waals surface area (Å²) in [5.41, 5.74) is 3.23. The first-order chi connectivity index (χ1) is 15.6. The lowest BCUT2D eigenvalue weighted by molar-refractivity contribution is -0.121. The second kappa shape index (κ2) is 10.2. The number of para-hydroxylation sites is 2. The van der Waals surface area contributed by atoms with Crippen LogP contribution in [-0.2, 0) is 4.79 Å². The van der Waals surface area contributed by atoms with Crippen LogP contribution in [0.5, 0.6) is 11.5 Å². The molecule has 32 heavy (non-hydrogen) atoms. The van der Waals surface area contributed by atoms with Crippen molar-refractivity contribution in [2.24, 2.45) is 0 Å². The topological polar surface area (TPSA) is 57.4 Å². The molecule has 0 bridgehead atoms. The van der Waals surface area contributed by atoms with Crippen molar-refractivity contribution in [1.82, 2.24) is 15.2 Å². The second-order valence-electron chi connectivity index (χ2n) is 8.19. The van der Waals surface area contributed by atoms with Crippen molar-refractivity contribution < 1.29 is 9.53 Å². The minimum atomic E-state index is -0.0928. The highest BCUT2D eigenvalue weighted by Gasteiger charge is 2.22. The normalized spacial score (nSPS) is 12.1. The van der Waals surface area contributed by atoms with Gasteiger partial charge in [-0.2, -0.15) is 0 Å². The Kier molecular flexibility index (Phi) is 6.87. The molecular formula is C27H29N3O2. The molecular weight excluding hydrogens is 398 g/mol. The Morgan fingerprint density at radius 3 is 2.53 bits per heavy atom. The van der Waals surface area contributed by atoms with E-state index < -0.39 is 0 Å². The van der Waals surface area contributed by atoms with Gasteiger partial charge in [-0.3, -0.25) is 4.79 Å². The number of hydrogen-bond acceptors (Lipinski definition) is 3. The van der Waals surface area contributed by atoms with Crippen LogP contribution in [0.3, 0.4) is 0 Å². The molecule has 0 fully saturated rings. The fraction of sp³-hybridized carbons (Fsp3) is 0.222. The molecule has 1 aromatic heterocycles. The van der Waals surface area contributed by atoms with E-state index in [0.29, 0.717) is 13.0 Å². The Hall–Kier alpha value is -3.57. The smallest absolute Gasteiger partial charge is 0.220 e. The fourth-order valence-corrected chi connectivity index (χ4v) is 3.89. The highest BCUT2D eigenvalue weighted by atomic mass is 16.5. The van der Waals surface area contributed by atoms with Gasteiger partial charge in [-0.25, -0.2) is 0 Å². The number of fused-ring (bicyclic) bond motifs is 1. The Bertz CT molecular complexity index is 1170. The van der Waals surface area contributed by atoms with Crippen molar-refractivity contribution in [2.75, 3.05) is 27.2 Å². The van der Waals surface area contributed by atoms with Gasteiger partial charge in [-0.05, 0) is 55.6 Å². The van der Waals surface area contributed by atoms with Crippen LogP contribution in [0.4, 0.5) is 0 Å². The largest absolute Gasteiger partial charge is 0.457 e. The predicted octanol–water partition coefficient (Wildman–Crippen LogP) is 5.16. The van der Waals surface area contributed by atoms with E-state index in [1.165, 1.54) is 0 Å². The zero-order valence-corrected chi connectivity index (χ0v) is 18.5. The summed E-state index contributed by atoms with van der Waals surface area (Å²) in [5.74, 6) is 1.49. The summed E-state index contributed by atoms with van der Waals surface area (Å²) in [6, 6.07) is 26.0. The lowest BCUT2D eigenvalue weighted by Gasteiger charge is -2.19. The summed E-state index contributed by atoms with van der Waals surface area (Å²) < 4.78 is 6.06. The summed E-state index contributed by atoms with van der Waals surface area (Å²) in [7, 11) is 4.00. The number of H-pyrrole nitrogens is 1. The van der Waals surface area contributed by atoms with E-state index in [2.05, 4.69) is 33.4 Å².